The molecule has 0 bridgehead atoms. The van der Waals surface area contributed by atoms with Gasteiger partial charge in [-0.2, -0.15) is 0 Å². The maximum Gasteiger partial charge on any atom is 0.114 e. The molecule has 2 heterocycles. The highest BCUT2D eigenvalue weighted by Gasteiger charge is 2.17. The molecule has 0 aliphatic carbocycles. The van der Waals surface area contributed by atoms with Gasteiger partial charge in [0.15, 0.2) is 0 Å². The van der Waals surface area contributed by atoms with Crippen molar-refractivity contribution in [3.8, 4) is 0 Å². The van der Waals surface area contributed by atoms with Gasteiger partial charge in [-0.3, -0.25) is 4.40 Å². The van der Waals surface area contributed by atoms with E-state index in [2.05, 4.69) is 4.98 Å². The fraction of sp³-hybridized carbons (Fsp3) is 0.417. The lowest BCUT2D eigenvalue weighted by Crippen LogP contribution is -2.14. The summed E-state index contributed by atoms with van der Waals surface area (Å²) in [5, 5.41) is 9.86. The van der Waals surface area contributed by atoms with E-state index in [-0.39, 0.29) is 6.54 Å². The molecule has 17 heavy (non-hydrogen) atoms. The van der Waals surface area contributed by atoms with Gasteiger partial charge in [0.05, 0.1) is 11.2 Å². The Morgan fingerprint density at radius 1 is 1.47 bits per heavy atom. The molecule has 2 aromatic rings. The lowest BCUT2D eigenvalue weighted by Gasteiger charge is -2.15. The molecule has 0 radical (unpaired) electrons. The number of hydrogen-bond donors (Lipinski definition) is 2. The van der Waals surface area contributed by atoms with E-state index in [0.717, 1.165) is 17.2 Å². The Balaban J connectivity index is 2.72. The topological polar surface area (TPSA) is 66.8 Å². The van der Waals surface area contributed by atoms with Gasteiger partial charge >= 0.3 is 0 Å². The van der Waals surface area contributed by atoms with Crippen molar-refractivity contribution in [3.05, 3.63) is 29.7 Å². The standard InChI is InChI=1S/C12H18N4O/c1-8-14-12(10(17)7-13)9-5-4-6-11(15(2)3)16(8)9/h4-6,10,17H,7,13H2,1-3H3. The molecule has 92 valence electrons. The lowest BCUT2D eigenvalue weighted by molar-refractivity contribution is 0.184. The molecule has 0 fully saturated rings. The third kappa shape index (κ3) is 1.87. The number of aliphatic hydroxyl groups excluding tert-OH is 1. The number of hydrogen-bond acceptors (Lipinski definition) is 4. The fourth-order valence-electron chi connectivity index (χ4n) is 2.03. The van der Waals surface area contributed by atoms with Crippen LogP contribution in [0.3, 0.4) is 0 Å². The minimum Gasteiger partial charge on any atom is -0.385 e. The summed E-state index contributed by atoms with van der Waals surface area (Å²) in [6.45, 7) is 2.10. The Morgan fingerprint density at radius 3 is 2.76 bits per heavy atom. The SMILES string of the molecule is Cc1nc(C(O)CN)c2cccc(N(C)C)n12. The summed E-state index contributed by atoms with van der Waals surface area (Å²) in [6.07, 6.45) is -0.712. The molecule has 0 aliphatic heterocycles. The third-order valence-electron chi connectivity index (χ3n) is 2.83. The van der Waals surface area contributed by atoms with E-state index in [1.54, 1.807) is 0 Å². The average Bonchev–Trinajstić information content (AvgIpc) is 2.66. The highest BCUT2D eigenvalue weighted by molar-refractivity contribution is 5.60. The summed E-state index contributed by atoms with van der Waals surface area (Å²) in [5.41, 5.74) is 7.05. The molecule has 0 amide bonds. The Morgan fingerprint density at radius 2 is 2.18 bits per heavy atom. The van der Waals surface area contributed by atoms with Gasteiger partial charge in [0, 0.05) is 20.6 Å². The fourth-order valence-corrected chi connectivity index (χ4v) is 2.03. The number of aromatic nitrogens is 2. The molecule has 0 aliphatic rings. The van der Waals surface area contributed by atoms with E-state index in [1.165, 1.54) is 0 Å². The quantitative estimate of drug-likeness (QED) is 0.820. The molecule has 0 spiro atoms. The second-order valence-electron chi connectivity index (χ2n) is 4.29. The Bertz CT molecular complexity index is 533. The largest absolute Gasteiger partial charge is 0.385 e. The van der Waals surface area contributed by atoms with Gasteiger partial charge in [0.1, 0.15) is 17.7 Å². The van der Waals surface area contributed by atoms with Gasteiger partial charge < -0.3 is 15.7 Å². The smallest absolute Gasteiger partial charge is 0.114 e. The number of nitrogens with two attached hydrogens (primary N) is 1. The van der Waals surface area contributed by atoms with Crippen LogP contribution in [0.4, 0.5) is 5.82 Å². The molecule has 2 aromatic heterocycles. The maximum absolute atomic E-state index is 9.86. The lowest BCUT2D eigenvalue weighted by atomic mass is 10.2. The first kappa shape index (κ1) is 11.9. The zero-order valence-electron chi connectivity index (χ0n) is 10.4. The molecule has 3 N–H and O–H groups in total. The second-order valence-corrected chi connectivity index (χ2v) is 4.29. The Hall–Kier alpha value is -1.59. The number of nitrogens with zero attached hydrogens (tertiary/aromatic N) is 3. The van der Waals surface area contributed by atoms with E-state index < -0.39 is 6.10 Å². The van der Waals surface area contributed by atoms with E-state index in [9.17, 15) is 5.11 Å². The molecule has 5 heteroatoms. The van der Waals surface area contributed by atoms with Crippen LogP contribution < -0.4 is 10.6 Å². The van der Waals surface area contributed by atoms with Gasteiger partial charge in [-0.1, -0.05) is 6.07 Å². The van der Waals surface area contributed by atoms with E-state index in [4.69, 9.17) is 5.73 Å². The van der Waals surface area contributed by atoms with Crippen molar-refractivity contribution in [1.29, 1.82) is 0 Å². The zero-order chi connectivity index (χ0) is 12.6. The molecule has 5 nitrogen and oxygen atoms in total. The number of imidazole rings is 1. The molecule has 0 saturated heterocycles. The van der Waals surface area contributed by atoms with E-state index >= 15 is 0 Å². The van der Waals surface area contributed by atoms with Crippen LogP contribution in [0.25, 0.3) is 5.52 Å². The van der Waals surface area contributed by atoms with Crippen LogP contribution in [0.15, 0.2) is 18.2 Å². The predicted octanol–water partition coefficient (Wildman–Crippen LogP) is 0.701. The maximum atomic E-state index is 9.86. The highest BCUT2D eigenvalue weighted by atomic mass is 16.3. The second kappa shape index (κ2) is 4.35. The van der Waals surface area contributed by atoms with Crippen LogP contribution in [0.1, 0.15) is 17.6 Å². The first-order valence-corrected chi connectivity index (χ1v) is 5.59. The molecule has 1 unspecified atom stereocenters. The summed E-state index contributed by atoms with van der Waals surface area (Å²) in [5.74, 6) is 1.88. The van der Waals surface area contributed by atoms with Crippen molar-refractivity contribution in [2.75, 3.05) is 25.5 Å². The zero-order valence-corrected chi connectivity index (χ0v) is 10.4. The average molecular weight is 234 g/mol. The number of pyridine rings is 1. The van der Waals surface area contributed by atoms with Gasteiger partial charge in [0.25, 0.3) is 0 Å². The Kier molecular flexibility index (Phi) is 3.04. The number of aryl methyl sites for hydroxylation is 1. The third-order valence-corrected chi connectivity index (χ3v) is 2.83. The molecule has 0 saturated carbocycles. The van der Waals surface area contributed by atoms with Crippen molar-refractivity contribution < 1.29 is 5.11 Å². The molecular formula is C12H18N4O. The van der Waals surface area contributed by atoms with Crippen LogP contribution in [-0.2, 0) is 0 Å². The number of aliphatic hydroxyl groups is 1. The van der Waals surface area contributed by atoms with Crippen molar-refractivity contribution >= 4 is 11.3 Å². The van der Waals surface area contributed by atoms with Gasteiger partial charge in [0.2, 0.25) is 0 Å². The van der Waals surface area contributed by atoms with E-state index in [0.29, 0.717) is 5.69 Å². The number of fused-ring (bicyclic) bond motifs is 1. The van der Waals surface area contributed by atoms with Crippen LogP contribution in [0, 0.1) is 6.92 Å². The van der Waals surface area contributed by atoms with Crippen LogP contribution >= 0.6 is 0 Å². The first-order chi connectivity index (χ1) is 8.06. The summed E-state index contributed by atoms with van der Waals surface area (Å²) in [7, 11) is 3.96. The normalized spacial score (nSPS) is 13.0. The monoisotopic (exact) mass is 234 g/mol. The highest BCUT2D eigenvalue weighted by Crippen LogP contribution is 2.24. The van der Waals surface area contributed by atoms with Crippen molar-refractivity contribution in [2.24, 2.45) is 5.73 Å². The van der Waals surface area contributed by atoms with Crippen LogP contribution in [0.5, 0.6) is 0 Å². The predicted molar refractivity (Wildman–Crippen MR) is 68.3 cm³/mol. The minimum atomic E-state index is -0.712. The molecule has 0 aromatic carbocycles. The van der Waals surface area contributed by atoms with Crippen LogP contribution in [0.2, 0.25) is 0 Å². The van der Waals surface area contributed by atoms with Gasteiger partial charge in [-0.15, -0.1) is 0 Å². The van der Waals surface area contributed by atoms with Gasteiger partial charge in [-0.25, -0.2) is 4.98 Å². The summed E-state index contributed by atoms with van der Waals surface area (Å²) in [4.78, 5) is 6.42. The van der Waals surface area contributed by atoms with Crippen molar-refractivity contribution in [1.82, 2.24) is 9.38 Å². The minimum absolute atomic E-state index is 0.179. The molecule has 2 rings (SSSR count). The molecular weight excluding hydrogens is 216 g/mol. The number of rotatable bonds is 3. The van der Waals surface area contributed by atoms with Crippen LogP contribution in [-0.4, -0.2) is 35.1 Å². The van der Waals surface area contributed by atoms with E-state index in [1.807, 2.05) is 48.5 Å². The van der Waals surface area contributed by atoms with Crippen molar-refractivity contribution in [3.63, 3.8) is 0 Å². The number of anilines is 1. The first-order valence-electron chi connectivity index (χ1n) is 5.59. The Labute approximate surface area is 100 Å². The molecule has 1 atom stereocenters. The summed E-state index contributed by atoms with van der Waals surface area (Å²) >= 11 is 0. The van der Waals surface area contributed by atoms with Gasteiger partial charge in [-0.05, 0) is 19.1 Å². The summed E-state index contributed by atoms with van der Waals surface area (Å²) in [6, 6.07) is 5.92. The van der Waals surface area contributed by atoms with Crippen molar-refractivity contribution in [2.45, 2.75) is 13.0 Å². The summed E-state index contributed by atoms with van der Waals surface area (Å²) < 4.78 is 2.02.